The molecule has 0 heteroatoms. The van der Waals surface area contributed by atoms with Gasteiger partial charge < -0.3 is 0 Å². The van der Waals surface area contributed by atoms with Crippen LogP contribution in [0.3, 0.4) is 0 Å². The maximum atomic E-state index is 2.51. The van der Waals surface area contributed by atoms with Gasteiger partial charge in [0.1, 0.15) is 0 Å². The van der Waals surface area contributed by atoms with Gasteiger partial charge in [-0.1, -0.05) is 40.5 Å². The predicted octanol–water partition coefficient (Wildman–Crippen LogP) is 6.30. The zero-order valence-electron chi connectivity index (χ0n) is 14.3. The molecule has 0 aromatic heterocycles. The molecule has 0 saturated heterocycles. The molecule has 116 valence electrons. The van der Waals surface area contributed by atoms with Crippen LogP contribution in [0.4, 0.5) is 0 Å². The van der Waals surface area contributed by atoms with Crippen LogP contribution in [0.2, 0.25) is 0 Å². The summed E-state index contributed by atoms with van der Waals surface area (Å²) < 4.78 is 0. The van der Waals surface area contributed by atoms with E-state index >= 15 is 0 Å². The Kier molecular flexibility index (Phi) is 4.22. The molecule has 0 heterocycles. The third-order valence-corrected chi connectivity index (χ3v) is 7.25. The summed E-state index contributed by atoms with van der Waals surface area (Å²) in [5.74, 6) is 6.45. The van der Waals surface area contributed by atoms with Crippen molar-refractivity contribution in [1.29, 1.82) is 0 Å². The van der Waals surface area contributed by atoms with E-state index < -0.39 is 0 Å². The van der Waals surface area contributed by atoms with Crippen LogP contribution in [-0.2, 0) is 0 Å². The number of fused-ring (bicyclic) bond motifs is 1. The molecule has 0 nitrogen and oxygen atoms in total. The fourth-order valence-electron chi connectivity index (χ4n) is 6.13. The molecule has 0 aromatic carbocycles. The molecule has 3 rings (SSSR count). The molecule has 0 radical (unpaired) electrons. The second-order valence-electron chi connectivity index (χ2n) is 9.57. The van der Waals surface area contributed by atoms with E-state index in [0.29, 0.717) is 5.41 Å². The topological polar surface area (TPSA) is 0 Å². The fraction of sp³-hybridized carbons (Fsp3) is 1.00. The van der Waals surface area contributed by atoms with Gasteiger partial charge in [-0.15, -0.1) is 0 Å². The summed E-state index contributed by atoms with van der Waals surface area (Å²) in [5, 5.41) is 0. The highest BCUT2D eigenvalue weighted by atomic mass is 14.5. The van der Waals surface area contributed by atoms with Crippen LogP contribution < -0.4 is 0 Å². The molecule has 20 heavy (non-hydrogen) atoms. The minimum atomic E-state index is 0.544. The first-order valence-corrected chi connectivity index (χ1v) is 9.45. The normalized spacial score (nSPS) is 46.2. The highest BCUT2D eigenvalue weighted by Gasteiger charge is 2.43. The highest BCUT2D eigenvalue weighted by Crippen LogP contribution is 2.53. The van der Waals surface area contributed by atoms with Crippen molar-refractivity contribution in [3.05, 3.63) is 0 Å². The van der Waals surface area contributed by atoms with E-state index in [1.807, 2.05) is 0 Å². The average Bonchev–Trinajstić information content (AvgIpc) is 2.78. The number of hydrogen-bond donors (Lipinski definition) is 0. The molecular weight excluding hydrogens is 240 g/mol. The quantitative estimate of drug-likeness (QED) is 0.527. The van der Waals surface area contributed by atoms with Crippen LogP contribution >= 0.6 is 0 Å². The van der Waals surface area contributed by atoms with Gasteiger partial charge >= 0.3 is 0 Å². The van der Waals surface area contributed by atoms with Crippen LogP contribution in [0.5, 0.6) is 0 Å². The Labute approximate surface area is 127 Å². The van der Waals surface area contributed by atoms with Gasteiger partial charge in [-0.05, 0) is 85.9 Å². The van der Waals surface area contributed by atoms with Crippen LogP contribution in [0, 0.1) is 40.9 Å². The van der Waals surface area contributed by atoms with E-state index in [9.17, 15) is 0 Å². The van der Waals surface area contributed by atoms with Crippen molar-refractivity contribution in [2.24, 2.45) is 40.9 Å². The lowest BCUT2D eigenvalue weighted by atomic mass is 9.61. The lowest BCUT2D eigenvalue weighted by Crippen LogP contribution is -2.34. The summed E-state index contributed by atoms with van der Waals surface area (Å²) in [6, 6.07) is 0. The molecule has 0 aliphatic heterocycles. The monoisotopic (exact) mass is 276 g/mol. The fourth-order valence-corrected chi connectivity index (χ4v) is 6.13. The van der Waals surface area contributed by atoms with Gasteiger partial charge in [0.2, 0.25) is 0 Å². The standard InChI is InChI=1S/C20H36/c1-14-12-16-6-5-7-18(19(16)13-14)15-8-10-17(11-9-15)20(2,3)4/h14-19H,5-13H2,1-4H3/t14?,15?,16?,17?,18-,19?/m1/s1. The van der Waals surface area contributed by atoms with Crippen molar-refractivity contribution >= 4 is 0 Å². The summed E-state index contributed by atoms with van der Waals surface area (Å²) in [5.41, 5.74) is 0.544. The van der Waals surface area contributed by atoms with Crippen molar-refractivity contribution in [2.45, 2.75) is 85.5 Å². The number of rotatable bonds is 1. The summed E-state index contributed by atoms with van der Waals surface area (Å²) in [7, 11) is 0. The van der Waals surface area contributed by atoms with E-state index in [0.717, 1.165) is 35.5 Å². The zero-order valence-corrected chi connectivity index (χ0v) is 14.3. The van der Waals surface area contributed by atoms with Gasteiger partial charge in [0, 0.05) is 0 Å². The lowest BCUT2D eigenvalue weighted by molar-refractivity contribution is 0.0641. The molecule has 4 atom stereocenters. The van der Waals surface area contributed by atoms with Crippen LogP contribution in [0.1, 0.15) is 85.5 Å². The maximum Gasteiger partial charge on any atom is -0.0352 e. The smallest absolute Gasteiger partial charge is 0.0352 e. The first-order chi connectivity index (χ1) is 9.45. The molecule has 3 aliphatic carbocycles. The van der Waals surface area contributed by atoms with Crippen molar-refractivity contribution in [2.75, 3.05) is 0 Å². The Morgan fingerprint density at radius 3 is 2.05 bits per heavy atom. The summed E-state index contributed by atoms with van der Waals surface area (Å²) in [4.78, 5) is 0. The third-order valence-electron chi connectivity index (χ3n) is 7.25. The Bertz CT molecular complexity index is 315. The van der Waals surface area contributed by atoms with Crippen molar-refractivity contribution < 1.29 is 0 Å². The lowest BCUT2D eigenvalue weighted by Gasteiger charge is -2.44. The molecule has 0 aromatic rings. The highest BCUT2D eigenvalue weighted by molar-refractivity contribution is 4.93. The molecule has 0 spiro atoms. The van der Waals surface area contributed by atoms with Crippen molar-refractivity contribution in [3.63, 3.8) is 0 Å². The average molecular weight is 277 g/mol. The number of hydrogen-bond acceptors (Lipinski definition) is 0. The van der Waals surface area contributed by atoms with E-state index in [1.165, 1.54) is 19.3 Å². The van der Waals surface area contributed by atoms with Crippen LogP contribution in [0.15, 0.2) is 0 Å². The Morgan fingerprint density at radius 2 is 1.40 bits per heavy atom. The van der Waals surface area contributed by atoms with E-state index in [2.05, 4.69) is 27.7 Å². The van der Waals surface area contributed by atoms with Gasteiger partial charge in [-0.2, -0.15) is 0 Å². The van der Waals surface area contributed by atoms with Gasteiger partial charge in [-0.25, -0.2) is 0 Å². The van der Waals surface area contributed by atoms with Crippen LogP contribution in [-0.4, -0.2) is 0 Å². The van der Waals surface area contributed by atoms with E-state index in [-0.39, 0.29) is 0 Å². The summed E-state index contributed by atoms with van der Waals surface area (Å²) in [6.07, 6.45) is 13.9. The molecule has 0 N–H and O–H groups in total. The van der Waals surface area contributed by atoms with Crippen LogP contribution in [0.25, 0.3) is 0 Å². The van der Waals surface area contributed by atoms with Gasteiger partial charge in [0.25, 0.3) is 0 Å². The minimum Gasteiger partial charge on any atom is -0.0625 e. The molecule has 0 bridgehead atoms. The van der Waals surface area contributed by atoms with E-state index in [4.69, 9.17) is 0 Å². The molecule has 3 fully saturated rings. The second-order valence-corrected chi connectivity index (χ2v) is 9.57. The van der Waals surface area contributed by atoms with Gasteiger partial charge in [0.05, 0.1) is 0 Å². The Hall–Kier alpha value is 0. The van der Waals surface area contributed by atoms with Crippen molar-refractivity contribution in [3.8, 4) is 0 Å². The van der Waals surface area contributed by atoms with Crippen molar-refractivity contribution in [1.82, 2.24) is 0 Å². The first-order valence-electron chi connectivity index (χ1n) is 9.45. The molecule has 3 aliphatic rings. The second kappa shape index (κ2) is 5.65. The third kappa shape index (κ3) is 2.95. The summed E-state index contributed by atoms with van der Waals surface area (Å²) in [6.45, 7) is 9.86. The zero-order chi connectivity index (χ0) is 14.3. The largest absolute Gasteiger partial charge is 0.0625 e. The van der Waals surface area contributed by atoms with E-state index in [1.54, 1.807) is 38.5 Å². The molecule has 3 saturated carbocycles. The van der Waals surface area contributed by atoms with Gasteiger partial charge in [0.15, 0.2) is 0 Å². The predicted molar refractivity (Wildman–Crippen MR) is 87.6 cm³/mol. The molecule has 0 amide bonds. The van der Waals surface area contributed by atoms with Gasteiger partial charge in [-0.3, -0.25) is 0 Å². The Morgan fingerprint density at radius 1 is 0.700 bits per heavy atom. The summed E-state index contributed by atoms with van der Waals surface area (Å²) >= 11 is 0. The molecular formula is C20H36. The SMILES string of the molecule is CC1CC2CCC[C@H](C3CCC(C(C)(C)C)CC3)C2C1. The molecule has 3 unspecified atom stereocenters. The first kappa shape index (κ1) is 14.9. The maximum absolute atomic E-state index is 2.51. The Balaban J connectivity index is 1.60. The minimum absolute atomic E-state index is 0.544.